The Balaban J connectivity index is 0.000000172. The Hall–Kier alpha value is -7.30. The molecule has 3 N–H and O–H groups in total. The summed E-state index contributed by atoms with van der Waals surface area (Å²) in [5, 5.41) is 32.7. The third-order valence-electron chi connectivity index (χ3n) is 18.6. The fourth-order valence-corrected chi connectivity index (χ4v) is 14.9. The Labute approximate surface area is 477 Å². The Kier molecular flexibility index (Phi) is 12.7. The molecule has 2 aromatic rings. The normalized spacial score (nSPS) is 31.3. The minimum atomic E-state index is -1.61. The highest BCUT2D eigenvalue weighted by atomic mass is 16.6. The number of ether oxygens (including phenoxy) is 7. The van der Waals surface area contributed by atoms with Crippen molar-refractivity contribution in [2.24, 2.45) is 23.7 Å². The van der Waals surface area contributed by atoms with Crippen LogP contribution in [0.25, 0.3) is 12.2 Å². The van der Waals surface area contributed by atoms with Crippen molar-refractivity contribution < 1.29 is 77.2 Å². The van der Waals surface area contributed by atoms with Gasteiger partial charge in [-0.2, -0.15) is 0 Å². The Morgan fingerprint density at radius 3 is 1.38 bits per heavy atom. The second-order valence-electron chi connectivity index (χ2n) is 26.3. The topological polar surface area (TPSA) is 228 Å². The van der Waals surface area contributed by atoms with E-state index in [1.165, 1.54) is 13.0 Å². The summed E-state index contributed by atoms with van der Waals surface area (Å²) in [6.07, 6.45) is 19.5. The van der Waals surface area contributed by atoms with Crippen LogP contribution in [0.2, 0.25) is 0 Å². The van der Waals surface area contributed by atoms with Crippen molar-refractivity contribution in [3.05, 3.63) is 116 Å². The SMILES string of the molecule is CC(C)=CCc1c2c(c(O)c3c1O[C@]14C(=CC5CC1C(C)(C)O[C@]4(C/C=C(/C)OC=O)C5=O)C3=O)C=CC(C)(C)O2.CC(C)=CCc1c2c(c(O)c3c1O[C@]14C(=CC5CC1C(C)(C)O[C@]4(C/C=C(\C)C(=O)O)C5=O)C3=O)C=CC(C)(C)O2. The molecule has 2 saturated carbocycles. The van der Waals surface area contributed by atoms with Gasteiger partial charge in [0.2, 0.25) is 0 Å². The van der Waals surface area contributed by atoms with Gasteiger partial charge in [-0.3, -0.25) is 24.0 Å². The standard InChI is InChI=1S/2C33H36O8/c1-17(2)8-9-21-27-20(11-12-30(4,5)39-27)25(35)24-26(36)22-14-19-15-23-31(6,7)41-32(29(19)37,13-10-18(3)38-16-34)33(22,23)40-28(21)24;1-16(2)8-9-20-26-19(11-12-30(4,5)39-26)24(34)23-25(35)21-14-18-15-22-31(6,7)41-32(28(18)36,13-10-17(3)29(37)38)33(21,22)40-27(20)23/h8,10-12,14,16,19,23,35H,9,13,15H2,1-7H3;8,10-12,14,18,22,34H,9,13,15H2,1-7H3,(H,37,38)/b18-10-;17-10+/t19?,23?,32-,33-;18?,22?,32-,33-/m11/s1. The number of carbonyl (C=O) groups is 6. The molecule has 2 spiro atoms. The average molecular weight is 1120 g/mol. The lowest BCUT2D eigenvalue weighted by Crippen LogP contribution is -2.72. The number of hydrogen-bond acceptors (Lipinski definition) is 15. The van der Waals surface area contributed by atoms with Gasteiger partial charge in [0.25, 0.3) is 6.47 Å². The molecule has 6 heterocycles. The summed E-state index contributed by atoms with van der Waals surface area (Å²) >= 11 is 0. The van der Waals surface area contributed by atoms with E-state index in [4.69, 9.17) is 33.2 Å². The molecule has 0 radical (unpaired) electrons. The number of ketones is 4. The van der Waals surface area contributed by atoms with Gasteiger partial charge < -0.3 is 48.5 Å². The van der Waals surface area contributed by atoms with Crippen LogP contribution < -0.4 is 18.9 Å². The van der Waals surface area contributed by atoms with E-state index >= 15 is 0 Å². The Bertz CT molecular complexity index is 3560. The van der Waals surface area contributed by atoms with E-state index in [9.17, 15) is 44.1 Å². The molecule has 2 saturated heterocycles. The smallest absolute Gasteiger partial charge is 0.330 e. The number of hydrogen-bond donors (Lipinski definition) is 3. The van der Waals surface area contributed by atoms with Crippen LogP contribution in [0.3, 0.4) is 0 Å². The zero-order valence-electron chi connectivity index (χ0n) is 49.1. The molecule has 82 heavy (non-hydrogen) atoms. The Morgan fingerprint density at radius 1 is 0.598 bits per heavy atom. The van der Waals surface area contributed by atoms with Crippen LogP contribution in [0.1, 0.15) is 166 Å². The van der Waals surface area contributed by atoms with E-state index in [1.54, 1.807) is 37.3 Å². The number of allylic oxidation sites excluding steroid dienone is 7. The lowest BCUT2D eigenvalue weighted by Gasteiger charge is -2.56. The number of rotatable bonds is 11. The van der Waals surface area contributed by atoms with E-state index in [0.29, 0.717) is 82.8 Å². The first-order valence-corrected chi connectivity index (χ1v) is 28.2. The first kappa shape index (κ1) is 56.6. The van der Waals surface area contributed by atoms with Crippen LogP contribution in [0, 0.1) is 23.7 Å². The first-order valence-electron chi connectivity index (χ1n) is 28.2. The molecular weight excluding hydrogens is 1050 g/mol. The van der Waals surface area contributed by atoms with Gasteiger partial charge in [0, 0.05) is 64.4 Å². The van der Waals surface area contributed by atoms with Crippen molar-refractivity contribution in [1.82, 2.24) is 0 Å². The van der Waals surface area contributed by atoms with E-state index in [0.717, 1.165) is 11.1 Å². The lowest BCUT2D eigenvalue weighted by atomic mass is 9.51. The molecular formula is C66H72O16. The molecule has 432 valence electrons. The highest BCUT2D eigenvalue weighted by Gasteiger charge is 2.83. The third kappa shape index (κ3) is 7.74. The number of carboxylic acids is 1. The number of aliphatic carboxylic acids is 1. The number of phenolic OH excluding ortho intramolecular Hbond substituents is 2. The second-order valence-corrected chi connectivity index (χ2v) is 26.3. The van der Waals surface area contributed by atoms with Gasteiger partial charge in [0.1, 0.15) is 62.6 Å². The number of fused-ring (bicyclic) bond motifs is 4. The van der Waals surface area contributed by atoms with Crippen LogP contribution in [0.15, 0.2) is 82.2 Å². The van der Waals surface area contributed by atoms with Crippen molar-refractivity contribution in [3.8, 4) is 34.5 Å². The van der Waals surface area contributed by atoms with E-state index in [-0.39, 0.29) is 81.7 Å². The fraction of sp³-hybridized carbons (Fsp3) is 0.485. The first-order chi connectivity index (χ1) is 38.2. The number of Topliss-reactive ketones (excluding diaryl/α,β-unsaturated/α-hetero) is 4. The van der Waals surface area contributed by atoms with Crippen molar-refractivity contribution >= 4 is 47.7 Å². The van der Waals surface area contributed by atoms with E-state index < -0.39 is 68.4 Å². The van der Waals surface area contributed by atoms with Gasteiger partial charge in [0.05, 0.1) is 22.3 Å². The zero-order chi connectivity index (χ0) is 59.6. The quantitative estimate of drug-likeness (QED) is 0.0822. The number of benzene rings is 2. The molecule has 16 heteroatoms. The maximum Gasteiger partial charge on any atom is 0.330 e. The summed E-state index contributed by atoms with van der Waals surface area (Å²) in [6.45, 7) is 26.6. The maximum absolute atomic E-state index is 14.5. The van der Waals surface area contributed by atoms with Crippen LogP contribution in [0.4, 0.5) is 0 Å². The number of aromatic hydroxyl groups is 2. The molecule has 8 bridgehead atoms. The summed E-state index contributed by atoms with van der Waals surface area (Å²) in [7, 11) is 0. The van der Waals surface area contributed by atoms with Crippen molar-refractivity contribution in [2.75, 3.05) is 0 Å². The highest BCUT2D eigenvalue weighted by molar-refractivity contribution is 6.20. The largest absolute Gasteiger partial charge is 0.506 e. The molecule has 4 unspecified atom stereocenters. The maximum atomic E-state index is 14.5. The van der Waals surface area contributed by atoms with Crippen LogP contribution in [0.5, 0.6) is 34.5 Å². The van der Waals surface area contributed by atoms with Gasteiger partial charge >= 0.3 is 5.97 Å². The molecule has 8 atom stereocenters. The van der Waals surface area contributed by atoms with Crippen LogP contribution in [-0.4, -0.2) is 95.7 Å². The predicted octanol–water partition coefficient (Wildman–Crippen LogP) is 11.1. The summed E-state index contributed by atoms with van der Waals surface area (Å²) in [5.41, 5.74) is -4.03. The van der Waals surface area contributed by atoms with E-state index in [1.807, 2.05) is 107 Å². The summed E-state index contributed by atoms with van der Waals surface area (Å²) in [6, 6.07) is 0. The number of carbonyl (C=O) groups excluding carboxylic acids is 5. The van der Waals surface area contributed by atoms with Gasteiger partial charge in [-0.1, -0.05) is 41.5 Å². The van der Waals surface area contributed by atoms with Crippen molar-refractivity contribution in [2.45, 2.75) is 180 Å². The van der Waals surface area contributed by atoms with Crippen molar-refractivity contribution in [1.29, 1.82) is 0 Å². The van der Waals surface area contributed by atoms with Crippen molar-refractivity contribution in [3.63, 3.8) is 0 Å². The third-order valence-corrected chi connectivity index (χ3v) is 18.6. The van der Waals surface area contributed by atoms with Gasteiger partial charge in [0.15, 0.2) is 45.5 Å². The fourth-order valence-electron chi connectivity index (χ4n) is 14.9. The zero-order valence-corrected chi connectivity index (χ0v) is 49.1. The minimum absolute atomic E-state index is 0.0500. The van der Waals surface area contributed by atoms with Crippen LogP contribution >= 0.6 is 0 Å². The van der Waals surface area contributed by atoms with E-state index in [2.05, 4.69) is 0 Å². The lowest BCUT2D eigenvalue weighted by molar-refractivity contribution is -0.172. The Morgan fingerprint density at radius 2 is 1.00 bits per heavy atom. The highest BCUT2D eigenvalue weighted by Crippen LogP contribution is 2.71. The van der Waals surface area contributed by atoms with Gasteiger partial charge in [-0.05, 0) is 153 Å². The molecule has 14 rings (SSSR count). The molecule has 6 aliphatic heterocycles. The van der Waals surface area contributed by atoms with Gasteiger partial charge in [-0.25, -0.2) is 4.79 Å². The number of phenols is 2. The number of carboxylic acid groups (broad SMARTS) is 1. The molecule has 0 amide bonds. The minimum Gasteiger partial charge on any atom is -0.506 e. The summed E-state index contributed by atoms with van der Waals surface area (Å²) < 4.78 is 45.3. The van der Waals surface area contributed by atoms with Gasteiger partial charge in [-0.15, -0.1) is 0 Å². The summed E-state index contributed by atoms with van der Waals surface area (Å²) in [4.78, 5) is 80.1. The average Bonchev–Trinajstić information content (AvgIpc) is 1.41. The molecule has 4 fully saturated rings. The monoisotopic (exact) mass is 1120 g/mol. The molecule has 2 aromatic carbocycles. The van der Waals surface area contributed by atoms with Crippen LogP contribution in [-0.2, 0) is 46.2 Å². The molecule has 0 aromatic heterocycles. The molecule has 12 aliphatic rings. The molecule has 6 aliphatic carbocycles. The second kappa shape index (κ2) is 18.3. The predicted molar refractivity (Wildman–Crippen MR) is 302 cm³/mol. The summed E-state index contributed by atoms with van der Waals surface area (Å²) in [5.74, 6) is -2.90. The molecule has 16 nitrogen and oxygen atoms in total.